The molecule has 0 amide bonds. The van der Waals surface area contributed by atoms with E-state index in [-0.39, 0.29) is 5.88 Å². The van der Waals surface area contributed by atoms with Crippen molar-refractivity contribution in [1.82, 2.24) is 4.98 Å². The maximum Gasteiger partial charge on any atom is 0.317 e. The van der Waals surface area contributed by atoms with Gasteiger partial charge in [-0.3, -0.25) is 0 Å². The van der Waals surface area contributed by atoms with Crippen LogP contribution in [0.15, 0.2) is 47.0 Å². The zero-order valence-corrected chi connectivity index (χ0v) is 14.8. The van der Waals surface area contributed by atoms with Gasteiger partial charge in [0.05, 0.1) is 5.39 Å². The molecule has 108 valence electrons. The maximum absolute atomic E-state index is 12.7. The molecule has 0 fully saturated rings. The van der Waals surface area contributed by atoms with Gasteiger partial charge in [0.15, 0.2) is 5.52 Å². The Bertz CT molecular complexity index is 776. The number of halogens is 3. The molecule has 1 aromatic heterocycles. The van der Waals surface area contributed by atoms with Gasteiger partial charge in [-0.05, 0) is 21.6 Å². The fraction of sp³-hybridized carbons (Fsp3) is 0.200. The summed E-state index contributed by atoms with van der Waals surface area (Å²) >= 11 is 13.1. The van der Waals surface area contributed by atoms with Crippen LogP contribution in [0.5, 0.6) is 0 Å². The van der Waals surface area contributed by atoms with Crippen LogP contribution in [0.1, 0.15) is 17.9 Å². The van der Waals surface area contributed by atoms with Crippen LogP contribution in [0.3, 0.4) is 0 Å². The van der Waals surface area contributed by atoms with Crippen LogP contribution in [0.2, 0.25) is 0 Å². The van der Waals surface area contributed by atoms with E-state index in [2.05, 4.69) is 36.8 Å². The molecular weight excluding hydrogens is 419 g/mol. The van der Waals surface area contributed by atoms with Crippen LogP contribution in [0.25, 0.3) is 10.9 Å². The highest BCUT2D eigenvalue weighted by Crippen LogP contribution is 2.43. The first-order valence-electron chi connectivity index (χ1n) is 6.35. The summed E-state index contributed by atoms with van der Waals surface area (Å²) in [7, 11) is 0. The van der Waals surface area contributed by atoms with E-state index in [1.807, 2.05) is 42.5 Å². The first-order valence-corrected chi connectivity index (χ1v) is 8.47. The lowest BCUT2D eigenvalue weighted by Gasteiger charge is -2.28. The first kappa shape index (κ1) is 15.0. The highest BCUT2D eigenvalue weighted by atomic mass is 79.9. The summed E-state index contributed by atoms with van der Waals surface area (Å²) in [5.41, 5.74) is 1.39. The number of nitrogens with zero attached hydrogens (tertiary/aromatic N) is 2. The second-order valence-corrected chi connectivity index (χ2v) is 7.53. The van der Waals surface area contributed by atoms with Crippen molar-refractivity contribution in [1.29, 1.82) is 0 Å². The van der Waals surface area contributed by atoms with Gasteiger partial charge in [0.1, 0.15) is 15.9 Å². The first-order chi connectivity index (χ1) is 10.0. The quantitative estimate of drug-likeness (QED) is 0.402. The topological polar surface area (TPSA) is 39.8 Å². The molecule has 1 aromatic carbocycles. The fourth-order valence-electron chi connectivity index (χ4n) is 2.50. The van der Waals surface area contributed by atoms with Crippen molar-refractivity contribution in [2.45, 2.75) is 16.6 Å². The molecule has 0 saturated heterocycles. The van der Waals surface area contributed by atoms with E-state index >= 15 is 0 Å². The Hall–Kier alpha value is -0.910. The molecule has 1 unspecified atom stereocenters. The van der Waals surface area contributed by atoms with Crippen LogP contribution in [-0.4, -0.2) is 4.98 Å². The molecule has 2 aromatic rings. The molecular formula is C15H11Br2ClN2O. The van der Waals surface area contributed by atoms with Crippen LogP contribution < -0.4 is 4.73 Å². The zero-order chi connectivity index (χ0) is 15.0. The van der Waals surface area contributed by atoms with Crippen molar-refractivity contribution in [3.63, 3.8) is 0 Å². The molecule has 0 radical (unpaired) electrons. The van der Waals surface area contributed by atoms with Gasteiger partial charge in [-0.2, -0.15) is 0 Å². The van der Waals surface area contributed by atoms with Crippen molar-refractivity contribution in [2.75, 3.05) is 0 Å². The van der Waals surface area contributed by atoms with Gasteiger partial charge in [0.2, 0.25) is 0 Å². The zero-order valence-electron chi connectivity index (χ0n) is 10.9. The summed E-state index contributed by atoms with van der Waals surface area (Å²) < 4.78 is 1.29. The van der Waals surface area contributed by atoms with Gasteiger partial charge in [-0.15, -0.1) is 11.6 Å². The van der Waals surface area contributed by atoms with Crippen LogP contribution in [0, 0.1) is 5.21 Å². The van der Waals surface area contributed by atoms with Crippen molar-refractivity contribution >= 4 is 54.4 Å². The van der Waals surface area contributed by atoms with Crippen LogP contribution >= 0.6 is 43.5 Å². The van der Waals surface area contributed by atoms with E-state index < -0.39 is 4.32 Å². The second-order valence-electron chi connectivity index (χ2n) is 4.83. The minimum absolute atomic E-state index is 0.0745. The molecule has 3 rings (SSSR count). The molecule has 1 atom stereocenters. The number of benzene rings is 1. The number of fused-ring (bicyclic) bond motifs is 1. The summed E-state index contributed by atoms with van der Waals surface area (Å²) in [5, 5.41) is 13.5. The number of hydrogen-bond donors (Lipinski definition) is 0. The standard InChI is InChI=1S/C15H11Br2ClN2O/c16-10-4-3-7-15(17,8-10)14-11-5-1-2-6-12(11)19-13(9-18)20(14)21/h1-7H,8-9H2. The highest BCUT2D eigenvalue weighted by molar-refractivity contribution is 9.12. The fourth-order valence-corrected chi connectivity index (χ4v) is 4.47. The Morgan fingerprint density at radius 2 is 2.14 bits per heavy atom. The predicted octanol–water partition coefficient (Wildman–Crippen LogP) is 4.44. The van der Waals surface area contributed by atoms with E-state index in [9.17, 15) is 5.21 Å². The Morgan fingerprint density at radius 3 is 2.86 bits per heavy atom. The van der Waals surface area contributed by atoms with Crippen LogP contribution in [-0.2, 0) is 10.2 Å². The van der Waals surface area contributed by atoms with Gasteiger partial charge < -0.3 is 5.21 Å². The molecule has 0 N–H and O–H groups in total. The second kappa shape index (κ2) is 5.71. The lowest BCUT2D eigenvalue weighted by Crippen LogP contribution is -2.43. The third-order valence-electron chi connectivity index (χ3n) is 3.42. The minimum atomic E-state index is -0.578. The lowest BCUT2D eigenvalue weighted by molar-refractivity contribution is -0.624. The Morgan fingerprint density at radius 1 is 1.38 bits per heavy atom. The number of hydrogen-bond acceptors (Lipinski definition) is 2. The van der Waals surface area contributed by atoms with E-state index in [1.165, 1.54) is 0 Å². The molecule has 1 aliphatic carbocycles. The van der Waals surface area contributed by atoms with E-state index in [0.717, 1.165) is 20.1 Å². The molecule has 1 heterocycles. The molecule has 0 saturated carbocycles. The summed E-state index contributed by atoms with van der Waals surface area (Å²) in [6, 6.07) is 7.61. The molecule has 0 bridgehead atoms. The predicted molar refractivity (Wildman–Crippen MR) is 91.6 cm³/mol. The molecule has 0 spiro atoms. The van der Waals surface area contributed by atoms with E-state index in [1.54, 1.807) is 0 Å². The van der Waals surface area contributed by atoms with Crippen molar-refractivity contribution in [3.8, 4) is 0 Å². The van der Waals surface area contributed by atoms with Gasteiger partial charge in [0, 0.05) is 6.42 Å². The van der Waals surface area contributed by atoms with E-state index in [0.29, 0.717) is 17.9 Å². The molecule has 0 aliphatic heterocycles. The number of alkyl halides is 2. The van der Waals surface area contributed by atoms with Gasteiger partial charge in [-0.25, -0.2) is 4.73 Å². The molecule has 21 heavy (non-hydrogen) atoms. The van der Waals surface area contributed by atoms with Crippen molar-refractivity contribution in [2.24, 2.45) is 0 Å². The van der Waals surface area contributed by atoms with Crippen molar-refractivity contribution in [3.05, 3.63) is 63.7 Å². The molecule has 3 nitrogen and oxygen atoms in total. The number of allylic oxidation sites excluding steroid dienone is 4. The summed E-state index contributed by atoms with van der Waals surface area (Å²) in [6.07, 6.45) is 6.53. The molecule has 6 heteroatoms. The van der Waals surface area contributed by atoms with Crippen LogP contribution in [0.4, 0.5) is 0 Å². The Kier molecular flexibility index (Phi) is 4.08. The third kappa shape index (κ3) is 2.62. The largest absolute Gasteiger partial charge is 0.710 e. The van der Waals surface area contributed by atoms with Gasteiger partial charge >= 0.3 is 5.82 Å². The van der Waals surface area contributed by atoms with Crippen molar-refractivity contribution < 1.29 is 4.73 Å². The Labute approximate surface area is 144 Å². The number of para-hydroxylation sites is 1. The summed E-state index contributed by atoms with van der Waals surface area (Å²) in [6.45, 7) is 0. The Balaban J connectivity index is 2.33. The maximum atomic E-state index is 12.7. The smallest absolute Gasteiger partial charge is 0.317 e. The monoisotopic (exact) mass is 428 g/mol. The normalized spacial score (nSPS) is 21.6. The lowest BCUT2D eigenvalue weighted by atomic mass is 9.93. The number of rotatable bonds is 2. The van der Waals surface area contributed by atoms with E-state index in [4.69, 9.17) is 11.6 Å². The molecule has 1 aliphatic rings. The minimum Gasteiger partial charge on any atom is -0.710 e. The third-order valence-corrected chi connectivity index (χ3v) is 5.13. The average molecular weight is 431 g/mol. The highest BCUT2D eigenvalue weighted by Gasteiger charge is 2.36. The van der Waals surface area contributed by atoms with Gasteiger partial charge in [0.25, 0.3) is 0 Å². The SMILES string of the molecule is [O-][n+]1c(CCl)nc2ccccc2c1C1(Br)C=CC=C(Br)C1. The number of aromatic nitrogens is 2. The van der Waals surface area contributed by atoms with Gasteiger partial charge in [-0.1, -0.05) is 62.2 Å². The summed E-state index contributed by atoms with van der Waals surface area (Å²) in [5.74, 6) is 0.383. The average Bonchev–Trinajstić information content (AvgIpc) is 2.46. The summed E-state index contributed by atoms with van der Waals surface area (Å²) in [4.78, 5) is 4.35.